The monoisotopic (exact) mass is 216 g/mol. The van der Waals surface area contributed by atoms with Crippen molar-refractivity contribution in [2.45, 2.75) is 19.4 Å². The molecular formula is C9H10F2N2O2. The van der Waals surface area contributed by atoms with Crippen molar-refractivity contribution in [3.05, 3.63) is 23.9 Å². The molecule has 0 spiro atoms. The van der Waals surface area contributed by atoms with Gasteiger partial charge in [0.2, 0.25) is 0 Å². The smallest absolute Gasteiger partial charge is 0.337 e. The number of aromatic nitrogens is 1. The van der Waals surface area contributed by atoms with Crippen LogP contribution in [0.2, 0.25) is 0 Å². The van der Waals surface area contributed by atoms with Crippen LogP contribution in [0.25, 0.3) is 0 Å². The highest BCUT2D eigenvalue weighted by molar-refractivity contribution is 5.87. The highest BCUT2D eigenvalue weighted by Crippen LogP contribution is 2.10. The molecule has 1 rings (SSSR count). The first kappa shape index (κ1) is 11.4. The molecule has 4 nitrogen and oxygen atoms in total. The number of hydrogen-bond acceptors (Lipinski definition) is 3. The number of nitrogens with one attached hydrogen (secondary N) is 1. The van der Waals surface area contributed by atoms with E-state index in [2.05, 4.69) is 10.3 Å². The first-order chi connectivity index (χ1) is 7.00. The minimum absolute atomic E-state index is 0.0188. The van der Waals surface area contributed by atoms with E-state index in [1.54, 1.807) is 0 Å². The van der Waals surface area contributed by atoms with Crippen LogP contribution in [0.5, 0.6) is 0 Å². The summed E-state index contributed by atoms with van der Waals surface area (Å²) in [6.45, 7) is 1.32. The maximum atomic E-state index is 12.1. The second-order valence-corrected chi connectivity index (χ2v) is 3.00. The van der Waals surface area contributed by atoms with Gasteiger partial charge in [-0.1, -0.05) is 0 Å². The number of pyridine rings is 1. The third kappa shape index (κ3) is 3.16. The average Bonchev–Trinajstić information content (AvgIpc) is 2.18. The Labute approximate surface area is 84.9 Å². The number of carboxylic acids is 1. The summed E-state index contributed by atoms with van der Waals surface area (Å²) in [5, 5.41) is 11.0. The van der Waals surface area contributed by atoms with Crippen molar-refractivity contribution in [3.8, 4) is 0 Å². The van der Waals surface area contributed by atoms with Crippen LogP contribution in [-0.2, 0) is 0 Å². The SMILES string of the molecule is CC(Nc1ccc(C(=O)O)cn1)C(F)F. The molecule has 0 aliphatic carbocycles. The molecule has 1 aromatic rings. The number of nitrogens with zero attached hydrogens (tertiary/aromatic N) is 1. The molecule has 0 bridgehead atoms. The van der Waals surface area contributed by atoms with Gasteiger partial charge in [-0.3, -0.25) is 0 Å². The van der Waals surface area contributed by atoms with E-state index in [1.165, 1.54) is 19.1 Å². The van der Waals surface area contributed by atoms with Gasteiger partial charge in [0.05, 0.1) is 11.6 Å². The second kappa shape index (κ2) is 4.68. The van der Waals surface area contributed by atoms with E-state index in [9.17, 15) is 13.6 Å². The predicted molar refractivity (Wildman–Crippen MR) is 50.3 cm³/mol. The summed E-state index contributed by atoms with van der Waals surface area (Å²) < 4.78 is 24.3. The van der Waals surface area contributed by atoms with Gasteiger partial charge < -0.3 is 10.4 Å². The van der Waals surface area contributed by atoms with E-state index >= 15 is 0 Å². The van der Waals surface area contributed by atoms with Crippen molar-refractivity contribution in [2.24, 2.45) is 0 Å². The molecule has 15 heavy (non-hydrogen) atoms. The van der Waals surface area contributed by atoms with Crippen molar-refractivity contribution < 1.29 is 18.7 Å². The lowest BCUT2D eigenvalue weighted by atomic mass is 10.3. The number of hydrogen-bond donors (Lipinski definition) is 2. The highest BCUT2D eigenvalue weighted by Gasteiger charge is 2.14. The summed E-state index contributed by atoms with van der Waals surface area (Å²) in [4.78, 5) is 14.2. The van der Waals surface area contributed by atoms with E-state index in [0.29, 0.717) is 0 Å². The third-order valence-electron chi connectivity index (χ3n) is 1.76. The molecule has 1 atom stereocenters. The molecular weight excluding hydrogens is 206 g/mol. The Hall–Kier alpha value is -1.72. The van der Waals surface area contributed by atoms with Gasteiger partial charge in [0, 0.05) is 6.20 Å². The van der Waals surface area contributed by atoms with Gasteiger partial charge in [-0.05, 0) is 19.1 Å². The zero-order valence-electron chi connectivity index (χ0n) is 7.95. The predicted octanol–water partition coefficient (Wildman–Crippen LogP) is 1.85. The Bertz CT molecular complexity index is 340. The van der Waals surface area contributed by atoms with Crippen molar-refractivity contribution in [3.63, 3.8) is 0 Å². The van der Waals surface area contributed by atoms with Crippen LogP contribution in [0.4, 0.5) is 14.6 Å². The zero-order valence-corrected chi connectivity index (χ0v) is 7.95. The van der Waals surface area contributed by atoms with Crippen LogP contribution in [0, 0.1) is 0 Å². The Morgan fingerprint density at radius 1 is 1.53 bits per heavy atom. The number of aromatic carboxylic acids is 1. The second-order valence-electron chi connectivity index (χ2n) is 3.00. The lowest BCUT2D eigenvalue weighted by Crippen LogP contribution is -2.24. The zero-order chi connectivity index (χ0) is 11.4. The fraction of sp³-hybridized carbons (Fsp3) is 0.333. The van der Waals surface area contributed by atoms with Crippen LogP contribution in [0.15, 0.2) is 18.3 Å². The molecule has 0 saturated carbocycles. The standard InChI is InChI=1S/C9H10F2N2O2/c1-5(8(10)11)13-7-3-2-6(4-12-7)9(14)15/h2-5,8H,1H3,(H,12,13)(H,14,15). The Balaban J connectivity index is 2.68. The fourth-order valence-electron chi connectivity index (χ4n) is 0.902. The molecule has 0 amide bonds. The van der Waals surface area contributed by atoms with Crippen LogP contribution >= 0.6 is 0 Å². The molecule has 1 heterocycles. The maximum Gasteiger partial charge on any atom is 0.337 e. The van der Waals surface area contributed by atoms with Crippen LogP contribution in [-0.4, -0.2) is 28.5 Å². The van der Waals surface area contributed by atoms with Crippen LogP contribution in [0.1, 0.15) is 17.3 Å². The quantitative estimate of drug-likeness (QED) is 0.806. The number of alkyl halides is 2. The summed E-state index contributed by atoms with van der Waals surface area (Å²) in [5.41, 5.74) is 0.0188. The number of carbonyl (C=O) groups is 1. The van der Waals surface area contributed by atoms with E-state index in [1.807, 2.05) is 0 Å². The molecule has 82 valence electrons. The molecule has 0 aliphatic rings. The van der Waals surface area contributed by atoms with E-state index in [0.717, 1.165) is 6.20 Å². The van der Waals surface area contributed by atoms with Crippen molar-refractivity contribution >= 4 is 11.8 Å². The molecule has 0 saturated heterocycles. The van der Waals surface area contributed by atoms with Crippen molar-refractivity contribution in [1.82, 2.24) is 4.98 Å². The molecule has 0 fully saturated rings. The van der Waals surface area contributed by atoms with Crippen LogP contribution < -0.4 is 5.32 Å². The summed E-state index contributed by atoms with van der Waals surface area (Å²) >= 11 is 0. The highest BCUT2D eigenvalue weighted by atomic mass is 19.3. The summed E-state index contributed by atoms with van der Waals surface area (Å²) in [6, 6.07) is 1.63. The topological polar surface area (TPSA) is 62.2 Å². The van der Waals surface area contributed by atoms with Gasteiger partial charge in [-0.15, -0.1) is 0 Å². The molecule has 0 aromatic carbocycles. The van der Waals surface area contributed by atoms with Gasteiger partial charge >= 0.3 is 5.97 Å². The summed E-state index contributed by atoms with van der Waals surface area (Å²) in [6.07, 6.45) is -1.38. The number of anilines is 1. The number of carboxylic acid groups (broad SMARTS) is 1. The minimum atomic E-state index is -2.49. The largest absolute Gasteiger partial charge is 0.478 e. The summed E-state index contributed by atoms with van der Waals surface area (Å²) in [7, 11) is 0. The molecule has 6 heteroatoms. The first-order valence-corrected chi connectivity index (χ1v) is 4.24. The normalized spacial score (nSPS) is 12.5. The third-order valence-corrected chi connectivity index (χ3v) is 1.76. The van der Waals surface area contributed by atoms with Gasteiger partial charge in [-0.2, -0.15) is 0 Å². The number of halogens is 2. The molecule has 1 aromatic heterocycles. The molecule has 1 unspecified atom stereocenters. The number of rotatable bonds is 4. The van der Waals surface area contributed by atoms with Crippen LogP contribution in [0.3, 0.4) is 0 Å². The van der Waals surface area contributed by atoms with Gasteiger partial charge in [0.15, 0.2) is 0 Å². The Morgan fingerprint density at radius 2 is 2.20 bits per heavy atom. The Morgan fingerprint density at radius 3 is 2.60 bits per heavy atom. The first-order valence-electron chi connectivity index (χ1n) is 4.24. The lowest BCUT2D eigenvalue weighted by Gasteiger charge is -2.12. The Kier molecular flexibility index (Phi) is 3.54. The van der Waals surface area contributed by atoms with E-state index in [-0.39, 0.29) is 11.4 Å². The molecule has 0 aliphatic heterocycles. The van der Waals surface area contributed by atoms with E-state index < -0.39 is 18.4 Å². The molecule has 0 radical (unpaired) electrons. The van der Waals surface area contributed by atoms with Gasteiger partial charge in [0.25, 0.3) is 6.43 Å². The lowest BCUT2D eigenvalue weighted by molar-refractivity contribution is 0.0696. The minimum Gasteiger partial charge on any atom is -0.478 e. The van der Waals surface area contributed by atoms with Crippen molar-refractivity contribution in [2.75, 3.05) is 5.32 Å². The maximum absolute atomic E-state index is 12.1. The molecule has 2 N–H and O–H groups in total. The fourth-order valence-corrected chi connectivity index (χ4v) is 0.902. The van der Waals surface area contributed by atoms with Gasteiger partial charge in [0.1, 0.15) is 5.82 Å². The average molecular weight is 216 g/mol. The van der Waals surface area contributed by atoms with Crippen molar-refractivity contribution in [1.29, 1.82) is 0 Å². The van der Waals surface area contributed by atoms with Gasteiger partial charge in [-0.25, -0.2) is 18.6 Å². The van der Waals surface area contributed by atoms with E-state index in [4.69, 9.17) is 5.11 Å². The summed E-state index contributed by atoms with van der Waals surface area (Å²) in [5.74, 6) is -0.872.